The Bertz CT molecular complexity index is 872. The number of anilines is 1. The van der Waals surface area contributed by atoms with Gasteiger partial charge < -0.3 is 15.2 Å². The molecule has 0 spiro atoms. The topological polar surface area (TPSA) is 61.5 Å². The van der Waals surface area contributed by atoms with Gasteiger partial charge in [0.1, 0.15) is 11.5 Å². The van der Waals surface area contributed by atoms with Crippen LogP contribution in [0.2, 0.25) is 0 Å². The predicted molar refractivity (Wildman–Crippen MR) is 97.1 cm³/mol. The lowest BCUT2D eigenvalue weighted by atomic mass is 9.96. The van der Waals surface area contributed by atoms with Crippen LogP contribution in [0.4, 0.5) is 5.00 Å². The minimum absolute atomic E-state index is 0.177. The smallest absolute Gasteiger partial charge is 0.200 e. The number of nitrogens with two attached hydrogens (primary N) is 1. The Labute approximate surface area is 144 Å². The summed E-state index contributed by atoms with van der Waals surface area (Å²) in [5, 5.41) is 2.40. The standard InChI is InChI=1S/C19H17NO3S/c1-22-13-8-9-16(23-2)14(10-13)18(21)17-15(11-24-19(17)20)12-6-4-3-5-7-12/h3-11H,20H2,1-2H3. The van der Waals surface area contributed by atoms with Crippen LogP contribution in [0, 0.1) is 0 Å². The molecule has 1 heterocycles. The number of ketones is 1. The van der Waals surface area contributed by atoms with Crippen LogP contribution in [0.5, 0.6) is 11.5 Å². The van der Waals surface area contributed by atoms with Crippen molar-refractivity contribution in [3.63, 3.8) is 0 Å². The molecule has 0 radical (unpaired) electrons. The van der Waals surface area contributed by atoms with Crippen LogP contribution >= 0.6 is 11.3 Å². The lowest BCUT2D eigenvalue weighted by Crippen LogP contribution is -2.07. The van der Waals surface area contributed by atoms with Crippen molar-refractivity contribution in [2.45, 2.75) is 0 Å². The van der Waals surface area contributed by atoms with Crippen molar-refractivity contribution >= 4 is 22.1 Å². The molecule has 0 saturated heterocycles. The third kappa shape index (κ3) is 2.86. The van der Waals surface area contributed by atoms with Gasteiger partial charge in [0.15, 0.2) is 5.78 Å². The number of hydrogen-bond acceptors (Lipinski definition) is 5. The Morgan fingerprint density at radius 2 is 1.79 bits per heavy atom. The van der Waals surface area contributed by atoms with Gasteiger partial charge in [-0.3, -0.25) is 4.79 Å². The number of hydrogen-bond donors (Lipinski definition) is 1. The molecule has 122 valence electrons. The molecule has 2 N–H and O–H groups in total. The third-order valence-electron chi connectivity index (χ3n) is 3.78. The van der Waals surface area contributed by atoms with Gasteiger partial charge in [0, 0.05) is 10.9 Å². The summed E-state index contributed by atoms with van der Waals surface area (Å²) in [5.41, 5.74) is 8.81. The van der Waals surface area contributed by atoms with Gasteiger partial charge in [0.2, 0.25) is 0 Å². The summed E-state index contributed by atoms with van der Waals surface area (Å²) in [4.78, 5) is 13.2. The Hall–Kier alpha value is -2.79. The number of methoxy groups -OCH3 is 2. The molecule has 0 saturated carbocycles. The Morgan fingerprint density at radius 3 is 2.46 bits per heavy atom. The predicted octanol–water partition coefficient (Wildman–Crippen LogP) is 4.25. The first-order valence-electron chi connectivity index (χ1n) is 7.34. The molecule has 0 bridgehead atoms. The van der Waals surface area contributed by atoms with Crippen LogP contribution in [-0.2, 0) is 0 Å². The van der Waals surface area contributed by atoms with Crippen LogP contribution in [0.15, 0.2) is 53.9 Å². The Kier molecular flexibility index (Phi) is 4.53. The highest BCUT2D eigenvalue weighted by Crippen LogP contribution is 2.37. The maximum atomic E-state index is 13.2. The summed E-state index contributed by atoms with van der Waals surface area (Å²) in [6, 6.07) is 14.9. The summed E-state index contributed by atoms with van der Waals surface area (Å²) < 4.78 is 10.6. The zero-order valence-corrected chi connectivity index (χ0v) is 14.2. The monoisotopic (exact) mass is 339 g/mol. The highest BCUT2D eigenvalue weighted by molar-refractivity contribution is 7.15. The summed E-state index contributed by atoms with van der Waals surface area (Å²) in [6.07, 6.45) is 0. The molecule has 4 nitrogen and oxygen atoms in total. The van der Waals surface area contributed by atoms with Crippen LogP contribution in [0.1, 0.15) is 15.9 Å². The minimum Gasteiger partial charge on any atom is -0.497 e. The van der Waals surface area contributed by atoms with E-state index in [-0.39, 0.29) is 5.78 Å². The summed E-state index contributed by atoms with van der Waals surface area (Å²) in [6.45, 7) is 0. The summed E-state index contributed by atoms with van der Waals surface area (Å²) in [7, 11) is 3.10. The first kappa shape index (κ1) is 16.1. The fraction of sp³-hybridized carbons (Fsp3) is 0.105. The average molecular weight is 339 g/mol. The lowest BCUT2D eigenvalue weighted by molar-refractivity contribution is 0.103. The number of carbonyl (C=O) groups excluding carboxylic acids is 1. The number of carbonyl (C=O) groups is 1. The van der Waals surface area contributed by atoms with Crippen molar-refractivity contribution in [1.82, 2.24) is 0 Å². The normalized spacial score (nSPS) is 10.4. The molecule has 0 aliphatic heterocycles. The first-order valence-corrected chi connectivity index (χ1v) is 8.22. The van der Waals surface area contributed by atoms with Gasteiger partial charge in [-0.25, -0.2) is 0 Å². The molecule has 1 aromatic heterocycles. The van der Waals surface area contributed by atoms with Gasteiger partial charge in [-0.2, -0.15) is 0 Å². The molecule has 0 amide bonds. The molecule has 0 aliphatic rings. The van der Waals surface area contributed by atoms with E-state index in [9.17, 15) is 4.79 Å². The lowest BCUT2D eigenvalue weighted by Gasteiger charge is -2.11. The highest BCUT2D eigenvalue weighted by Gasteiger charge is 2.23. The molecule has 2 aromatic carbocycles. The third-order valence-corrected chi connectivity index (χ3v) is 4.59. The van der Waals surface area contributed by atoms with E-state index in [1.54, 1.807) is 25.3 Å². The summed E-state index contributed by atoms with van der Waals surface area (Å²) in [5.74, 6) is 0.906. The largest absolute Gasteiger partial charge is 0.497 e. The molecule has 0 atom stereocenters. The van der Waals surface area contributed by atoms with Gasteiger partial charge in [0.05, 0.1) is 30.3 Å². The maximum absolute atomic E-state index is 13.2. The molecular weight excluding hydrogens is 322 g/mol. The van der Waals surface area contributed by atoms with Gasteiger partial charge in [-0.05, 0) is 23.8 Å². The van der Waals surface area contributed by atoms with E-state index >= 15 is 0 Å². The van der Waals surface area contributed by atoms with Gasteiger partial charge in [0.25, 0.3) is 0 Å². The first-order chi connectivity index (χ1) is 11.7. The number of ether oxygens (including phenoxy) is 2. The second-order valence-electron chi connectivity index (χ2n) is 5.15. The van der Waals surface area contributed by atoms with Crippen LogP contribution in [0.25, 0.3) is 11.1 Å². The maximum Gasteiger partial charge on any atom is 0.200 e. The molecule has 3 aromatic rings. The zero-order chi connectivity index (χ0) is 17.1. The van der Waals surface area contributed by atoms with Crippen molar-refractivity contribution in [2.24, 2.45) is 0 Å². The molecule has 0 unspecified atom stereocenters. The number of benzene rings is 2. The van der Waals surface area contributed by atoms with Crippen LogP contribution < -0.4 is 15.2 Å². The van der Waals surface area contributed by atoms with Crippen molar-refractivity contribution in [2.75, 3.05) is 20.0 Å². The van der Waals surface area contributed by atoms with E-state index in [1.807, 2.05) is 35.7 Å². The van der Waals surface area contributed by atoms with E-state index in [2.05, 4.69) is 0 Å². The second-order valence-corrected chi connectivity index (χ2v) is 6.06. The molecule has 0 aliphatic carbocycles. The summed E-state index contributed by atoms with van der Waals surface area (Å²) >= 11 is 1.36. The minimum atomic E-state index is -0.177. The molecule has 24 heavy (non-hydrogen) atoms. The Balaban J connectivity index is 2.14. The van der Waals surface area contributed by atoms with E-state index < -0.39 is 0 Å². The van der Waals surface area contributed by atoms with E-state index in [4.69, 9.17) is 15.2 Å². The number of rotatable bonds is 5. The SMILES string of the molecule is COc1ccc(OC)c(C(=O)c2c(-c3ccccc3)csc2N)c1. The van der Waals surface area contributed by atoms with E-state index in [0.717, 1.165) is 11.1 Å². The molecule has 0 fully saturated rings. The fourth-order valence-electron chi connectivity index (χ4n) is 2.56. The fourth-order valence-corrected chi connectivity index (χ4v) is 3.38. The van der Waals surface area contributed by atoms with Crippen LogP contribution in [-0.4, -0.2) is 20.0 Å². The van der Waals surface area contributed by atoms with E-state index in [0.29, 0.717) is 27.6 Å². The van der Waals surface area contributed by atoms with E-state index in [1.165, 1.54) is 18.4 Å². The number of nitrogen functional groups attached to an aromatic ring is 1. The number of thiophene rings is 1. The van der Waals surface area contributed by atoms with Crippen molar-refractivity contribution in [3.05, 3.63) is 65.0 Å². The molecule has 5 heteroatoms. The van der Waals surface area contributed by atoms with Crippen LogP contribution in [0.3, 0.4) is 0 Å². The van der Waals surface area contributed by atoms with Crippen molar-refractivity contribution < 1.29 is 14.3 Å². The van der Waals surface area contributed by atoms with Gasteiger partial charge in [-0.1, -0.05) is 30.3 Å². The molecule has 3 rings (SSSR count). The average Bonchev–Trinajstić information content (AvgIpc) is 3.02. The second kappa shape index (κ2) is 6.76. The van der Waals surface area contributed by atoms with Crippen molar-refractivity contribution in [3.8, 4) is 22.6 Å². The van der Waals surface area contributed by atoms with Crippen molar-refractivity contribution in [1.29, 1.82) is 0 Å². The Morgan fingerprint density at radius 1 is 1.04 bits per heavy atom. The quantitative estimate of drug-likeness (QED) is 0.706. The van der Waals surface area contributed by atoms with Gasteiger partial charge >= 0.3 is 0 Å². The molecular formula is C19H17NO3S. The zero-order valence-electron chi connectivity index (χ0n) is 13.4. The van der Waals surface area contributed by atoms with Gasteiger partial charge in [-0.15, -0.1) is 11.3 Å². The highest BCUT2D eigenvalue weighted by atomic mass is 32.1.